The molecule has 1 aliphatic rings. The van der Waals surface area contributed by atoms with Gasteiger partial charge in [0.05, 0.1) is 0 Å². The maximum atomic E-state index is 11.9. The molecule has 3 unspecified atom stereocenters. The fourth-order valence-corrected chi connectivity index (χ4v) is 2.90. The molecule has 0 heterocycles. The van der Waals surface area contributed by atoms with Crippen molar-refractivity contribution in [2.75, 3.05) is 6.54 Å². The summed E-state index contributed by atoms with van der Waals surface area (Å²) in [5, 5.41) is 3.21. The van der Waals surface area contributed by atoms with Crippen LogP contribution in [0.15, 0.2) is 0 Å². The fraction of sp³-hybridized carbons (Fsp3) is 0.933. The van der Waals surface area contributed by atoms with Crippen molar-refractivity contribution in [1.82, 2.24) is 5.32 Å². The minimum atomic E-state index is 0.237. The SMILES string of the molecule is CCC1CCCC(NC(=O)CCC(C)CCN)C1. The zero-order valence-corrected chi connectivity index (χ0v) is 12.1. The summed E-state index contributed by atoms with van der Waals surface area (Å²) in [6.45, 7) is 5.15. The van der Waals surface area contributed by atoms with Crippen molar-refractivity contribution in [1.29, 1.82) is 0 Å². The second-order valence-electron chi connectivity index (χ2n) is 5.93. The lowest BCUT2D eigenvalue weighted by molar-refractivity contribution is -0.122. The van der Waals surface area contributed by atoms with Gasteiger partial charge in [-0.3, -0.25) is 4.79 Å². The minimum absolute atomic E-state index is 0.237. The number of carbonyl (C=O) groups excluding carboxylic acids is 1. The molecule has 0 aliphatic heterocycles. The van der Waals surface area contributed by atoms with Crippen LogP contribution in [-0.2, 0) is 4.79 Å². The number of hydrogen-bond donors (Lipinski definition) is 2. The lowest BCUT2D eigenvalue weighted by atomic mass is 9.84. The molecular weight excluding hydrogens is 224 g/mol. The highest BCUT2D eigenvalue weighted by molar-refractivity contribution is 5.76. The molecule has 1 saturated carbocycles. The second-order valence-corrected chi connectivity index (χ2v) is 5.93. The average Bonchev–Trinajstić information content (AvgIpc) is 2.37. The highest BCUT2D eigenvalue weighted by atomic mass is 16.1. The number of nitrogens with two attached hydrogens (primary N) is 1. The van der Waals surface area contributed by atoms with Gasteiger partial charge in [-0.15, -0.1) is 0 Å². The monoisotopic (exact) mass is 254 g/mol. The van der Waals surface area contributed by atoms with Crippen LogP contribution < -0.4 is 11.1 Å². The molecule has 0 radical (unpaired) electrons. The number of nitrogens with one attached hydrogen (secondary N) is 1. The largest absolute Gasteiger partial charge is 0.353 e. The Bertz CT molecular complexity index is 243. The maximum Gasteiger partial charge on any atom is 0.220 e. The lowest BCUT2D eigenvalue weighted by Crippen LogP contribution is -2.38. The maximum absolute atomic E-state index is 11.9. The van der Waals surface area contributed by atoms with Gasteiger partial charge in [-0.05, 0) is 44.1 Å². The van der Waals surface area contributed by atoms with E-state index in [2.05, 4.69) is 19.2 Å². The molecule has 3 heteroatoms. The predicted octanol–water partition coefficient (Wildman–Crippen LogP) is 2.84. The van der Waals surface area contributed by atoms with E-state index in [9.17, 15) is 4.79 Å². The van der Waals surface area contributed by atoms with Gasteiger partial charge in [-0.2, -0.15) is 0 Å². The average molecular weight is 254 g/mol. The van der Waals surface area contributed by atoms with Crippen LogP contribution >= 0.6 is 0 Å². The number of hydrogen-bond acceptors (Lipinski definition) is 2. The standard InChI is InChI=1S/C15H30N2O/c1-3-13-5-4-6-14(11-13)17-15(18)8-7-12(2)9-10-16/h12-14H,3-11,16H2,1-2H3,(H,17,18). The van der Waals surface area contributed by atoms with E-state index < -0.39 is 0 Å². The van der Waals surface area contributed by atoms with Crippen LogP contribution in [0, 0.1) is 11.8 Å². The van der Waals surface area contributed by atoms with Crippen LogP contribution in [0.3, 0.4) is 0 Å². The first-order chi connectivity index (χ1) is 8.65. The van der Waals surface area contributed by atoms with Crippen LogP contribution in [0.4, 0.5) is 0 Å². The molecule has 0 spiro atoms. The van der Waals surface area contributed by atoms with Crippen molar-refractivity contribution in [2.45, 2.75) is 71.3 Å². The molecule has 3 N–H and O–H groups in total. The number of carbonyl (C=O) groups is 1. The van der Waals surface area contributed by atoms with Gasteiger partial charge < -0.3 is 11.1 Å². The van der Waals surface area contributed by atoms with E-state index in [1.54, 1.807) is 0 Å². The third-order valence-corrected chi connectivity index (χ3v) is 4.25. The molecule has 0 aromatic heterocycles. The Balaban J connectivity index is 2.19. The second kappa shape index (κ2) is 8.52. The first-order valence-electron chi connectivity index (χ1n) is 7.65. The first-order valence-corrected chi connectivity index (χ1v) is 7.65. The van der Waals surface area contributed by atoms with Gasteiger partial charge in [0.15, 0.2) is 0 Å². The molecular formula is C15H30N2O. The number of amides is 1. The zero-order valence-electron chi connectivity index (χ0n) is 12.1. The molecule has 1 aliphatic carbocycles. The zero-order chi connectivity index (χ0) is 13.4. The highest BCUT2D eigenvalue weighted by Crippen LogP contribution is 2.26. The summed E-state index contributed by atoms with van der Waals surface area (Å²) in [4.78, 5) is 11.9. The summed E-state index contributed by atoms with van der Waals surface area (Å²) < 4.78 is 0. The lowest BCUT2D eigenvalue weighted by Gasteiger charge is -2.29. The van der Waals surface area contributed by atoms with Crippen LogP contribution in [0.25, 0.3) is 0 Å². The van der Waals surface area contributed by atoms with E-state index in [4.69, 9.17) is 5.73 Å². The smallest absolute Gasteiger partial charge is 0.220 e. The fourth-order valence-electron chi connectivity index (χ4n) is 2.90. The topological polar surface area (TPSA) is 55.1 Å². The summed E-state index contributed by atoms with van der Waals surface area (Å²) >= 11 is 0. The van der Waals surface area contributed by atoms with Gasteiger partial charge in [0.25, 0.3) is 0 Å². The van der Waals surface area contributed by atoms with Crippen LogP contribution in [0.2, 0.25) is 0 Å². The Labute approximate surface area is 112 Å². The van der Waals surface area contributed by atoms with Gasteiger partial charge >= 0.3 is 0 Å². The summed E-state index contributed by atoms with van der Waals surface area (Å²) in [5.74, 6) is 1.62. The Morgan fingerprint density at radius 2 is 2.17 bits per heavy atom. The molecule has 106 valence electrons. The van der Waals surface area contributed by atoms with Crippen molar-refractivity contribution < 1.29 is 4.79 Å². The highest BCUT2D eigenvalue weighted by Gasteiger charge is 2.21. The van der Waals surface area contributed by atoms with Crippen molar-refractivity contribution in [3.63, 3.8) is 0 Å². The quantitative estimate of drug-likeness (QED) is 0.734. The molecule has 3 nitrogen and oxygen atoms in total. The van der Waals surface area contributed by atoms with E-state index >= 15 is 0 Å². The molecule has 1 amide bonds. The molecule has 1 fully saturated rings. The van der Waals surface area contributed by atoms with E-state index in [1.807, 2.05) is 0 Å². The van der Waals surface area contributed by atoms with Crippen LogP contribution in [-0.4, -0.2) is 18.5 Å². The summed E-state index contributed by atoms with van der Waals surface area (Å²) in [6, 6.07) is 0.431. The van der Waals surface area contributed by atoms with E-state index in [1.165, 1.54) is 32.1 Å². The number of rotatable bonds is 7. The van der Waals surface area contributed by atoms with E-state index in [-0.39, 0.29) is 5.91 Å². The summed E-state index contributed by atoms with van der Waals surface area (Å²) in [7, 11) is 0. The molecule has 0 aromatic rings. The predicted molar refractivity (Wildman–Crippen MR) is 76.2 cm³/mol. The molecule has 18 heavy (non-hydrogen) atoms. The van der Waals surface area contributed by atoms with Crippen molar-refractivity contribution >= 4 is 5.91 Å². The van der Waals surface area contributed by atoms with E-state index in [0.717, 1.165) is 25.3 Å². The van der Waals surface area contributed by atoms with Gasteiger partial charge in [-0.25, -0.2) is 0 Å². The van der Waals surface area contributed by atoms with Gasteiger partial charge in [-0.1, -0.05) is 33.1 Å². The first kappa shape index (κ1) is 15.5. The van der Waals surface area contributed by atoms with Crippen molar-refractivity contribution in [2.24, 2.45) is 17.6 Å². The molecule has 1 rings (SSSR count). The summed E-state index contributed by atoms with van der Waals surface area (Å²) in [5.41, 5.74) is 5.52. The van der Waals surface area contributed by atoms with Gasteiger partial charge in [0, 0.05) is 12.5 Å². The van der Waals surface area contributed by atoms with E-state index in [0.29, 0.717) is 18.4 Å². The Morgan fingerprint density at radius 1 is 1.39 bits per heavy atom. The third kappa shape index (κ3) is 5.85. The van der Waals surface area contributed by atoms with Gasteiger partial charge in [0.1, 0.15) is 0 Å². The normalized spacial score (nSPS) is 25.7. The molecule has 3 atom stereocenters. The van der Waals surface area contributed by atoms with Crippen molar-refractivity contribution in [3.05, 3.63) is 0 Å². The third-order valence-electron chi connectivity index (χ3n) is 4.25. The molecule has 0 aromatic carbocycles. The Morgan fingerprint density at radius 3 is 2.83 bits per heavy atom. The van der Waals surface area contributed by atoms with Gasteiger partial charge in [0.2, 0.25) is 5.91 Å². The van der Waals surface area contributed by atoms with Crippen LogP contribution in [0.5, 0.6) is 0 Å². The Kier molecular flexibility index (Phi) is 7.33. The molecule has 0 saturated heterocycles. The Hall–Kier alpha value is -0.570. The minimum Gasteiger partial charge on any atom is -0.353 e. The van der Waals surface area contributed by atoms with Crippen molar-refractivity contribution in [3.8, 4) is 0 Å². The van der Waals surface area contributed by atoms with Crippen LogP contribution in [0.1, 0.15) is 65.2 Å². The molecule has 0 bridgehead atoms. The summed E-state index contributed by atoms with van der Waals surface area (Å²) in [6.07, 6.45) is 8.86.